The summed E-state index contributed by atoms with van der Waals surface area (Å²) in [5.74, 6) is -1.24. The molecule has 0 bridgehead atoms. The second kappa shape index (κ2) is 4.57. The van der Waals surface area contributed by atoms with E-state index in [1.165, 1.54) is 13.8 Å². The first-order valence-electron chi connectivity index (χ1n) is 6.18. The van der Waals surface area contributed by atoms with Gasteiger partial charge < -0.3 is 14.6 Å². The van der Waals surface area contributed by atoms with Gasteiger partial charge >= 0.3 is 5.97 Å². The summed E-state index contributed by atoms with van der Waals surface area (Å²) in [6, 6.07) is 0. The molecule has 1 saturated heterocycles. The summed E-state index contributed by atoms with van der Waals surface area (Å²) >= 11 is 0. The van der Waals surface area contributed by atoms with Gasteiger partial charge in [-0.3, -0.25) is 0 Å². The van der Waals surface area contributed by atoms with Crippen molar-refractivity contribution in [3.63, 3.8) is 0 Å². The van der Waals surface area contributed by atoms with E-state index >= 15 is 0 Å². The largest absolute Gasteiger partial charge is 0.478 e. The van der Waals surface area contributed by atoms with Gasteiger partial charge in [-0.05, 0) is 20.3 Å². The fraction of sp³-hybridized carbons (Fsp3) is 0.583. The Morgan fingerprint density at radius 1 is 1.35 bits per heavy atom. The molecule has 0 atom stereocenters. The van der Waals surface area contributed by atoms with Crippen LogP contribution < -0.4 is 0 Å². The molecule has 112 valence electrons. The standard InChI is InChI=1S/C12H17NO6S/c1-4-12(16)5-13(6-12)20(17,18)10-8(3)19-7(2)9(10)11(14)15/h16H,4-6H2,1-3H3,(H,14,15). The van der Waals surface area contributed by atoms with Crippen LogP contribution in [0.25, 0.3) is 0 Å². The number of aromatic carboxylic acids is 1. The molecule has 0 aliphatic carbocycles. The molecule has 1 fully saturated rings. The number of aryl methyl sites for hydroxylation is 2. The van der Waals surface area contributed by atoms with Gasteiger partial charge in [-0.25, -0.2) is 13.2 Å². The van der Waals surface area contributed by atoms with Crippen LogP contribution in [0.2, 0.25) is 0 Å². The highest BCUT2D eigenvalue weighted by molar-refractivity contribution is 7.89. The minimum Gasteiger partial charge on any atom is -0.478 e. The predicted octanol–water partition coefficient (Wildman–Crippen LogP) is 0.740. The Kier molecular flexibility index (Phi) is 3.43. The van der Waals surface area contributed by atoms with Gasteiger partial charge in [0.1, 0.15) is 22.0 Å². The number of hydrogen-bond donors (Lipinski definition) is 2. The molecule has 0 aromatic carbocycles. The molecule has 2 rings (SSSR count). The lowest BCUT2D eigenvalue weighted by Crippen LogP contribution is -2.63. The first-order chi connectivity index (χ1) is 9.12. The van der Waals surface area contributed by atoms with E-state index in [1.54, 1.807) is 6.92 Å². The maximum absolute atomic E-state index is 12.5. The molecule has 7 nitrogen and oxygen atoms in total. The number of rotatable bonds is 4. The van der Waals surface area contributed by atoms with Crippen LogP contribution in [0.15, 0.2) is 9.31 Å². The Balaban J connectivity index is 2.45. The smallest absolute Gasteiger partial charge is 0.340 e. The lowest BCUT2D eigenvalue weighted by Gasteiger charge is -2.44. The van der Waals surface area contributed by atoms with Crippen molar-refractivity contribution in [1.29, 1.82) is 0 Å². The minimum absolute atomic E-state index is 0.0332. The van der Waals surface area contributed by atoms with Crippen molar-refractivity contribution in [1.82, 2.24) is 4.31 Å². The van der Waals surface area contributed by atoms with Crippen molar-refractivity contribution in [2.24, 2.45) is 0 Å². The Morgan fingerprint density at radius 3 is 2.35 bits per heavy atom. The molecule has 8 heteroatoms. The molecule has 1 aromatic heterocycles. The van der Waals surface area contributed by atoms with Gasteiger partial charge in [0.2, 0.25) is 10.0 Å². The number of nitrogens with zero attached hydrogens (tertiary/aromatic N) is 1. The average Bonchev–Trinajstić information content (AvgIpc) is 2.60. The summed E-state index contributed by atoms with van der Waals surface area (Å²) < 4.78 is 31.1. The zero-order valence-electron chi connectivity index (χ0n) is 11.5. The quantitative estimate of drug-likeness (QED) is 0.849. The van der Waals surface area contributed by atoms with Crippen LogP contribution in [-0.4, -0.2) is 47.6 Å². The highest BCUT2D eigenvalue weighted by Crippen LogP contribution is 2.35. The van der Waals surface area contributed by atoms with Crippen molar-refractivity contribution >= 4 is 16.0 Å². The molecule has 20 heavy (non-hydrogen) atoms. The van der Waals surface area contributed by atoms with Gasteiger partial charge in [-0.2, -0.15) is 4.31 Å². The number of furan rings is 1. The monoisotopic (exact) mass is 303 g/mol. The molecular formula is C12H17NO6S. The Morgan fingerprint density at radius 2 is 1.90 bits per heavy atom. The lowest BCUT2D eigenvalue weighted by molar-refractivity contribution is -0.0613. The number of aliphatic hydroxyl groups is 1. The molecule has 2 N–H and O–H groups in total. The zero-order chi connectivity index (χ0) is 15.3. The van der Waals surface area contributed by atoms with Gasteiger partial charge in [-0.15, -0.1) is 0 Å². The summed E-state index contributed by atoms with van der Waals surface area (Å²) in [5.41, 5.74) is -1.36. The van der Waals surface area contributed by atoms with Crippen molar-refractivity contribution in [3.05, 3.63) is 17.1 Å². The Labute approximate surface area is 116 Å². The summed E-state index contributed by atoms with van der Waals surface area (Å²) in [6.45, 7) is 4.52. The third-order valence-corrected chi connectivity index (χ3v) is 5.56. The molecule has 2 heterocycles. The molecule has 0 spiro atoms. The van der Waals surface area contributed by atoms with E-state index in [-0.39, 0.29) is 35.1 Å². The van der Waals surface area contributed by atoms with Gasteiger partial charge in [0.15, 0.2) is 0 Å². The highest BCUT2D eigenvalue weighted by Gasteiger charge is 2.48. The van der Waals surface area contributed by atoms with Gasteiger partial charge in [0.25, 0.3) is 0 Å². The number of sulfonamides is 1. The van der Waals surface area contributed by atoms with Crippen LogP contribution in [0.4, 0.5) is 0 Å². The fourth-order valence-corrected chi connectivity index (χ4v) is 4.33. The number of carboxylic acids is 1. The van der Waals surface area contributed by atoms with E-state index in [0.717, 1.165) is 4.31 Å². The number of carboxylic acid groups (broad SMARTS) is 1. The second-order valence-corrected chi connectivity index (χ2v) is 6.95. The van der Waals surface area contributed by atoms with Crippen LogP contribution in [-0.2, 0) is 10.0 Å². The zero-order valence-corrected chi connectivity index (χ0v) is 12.3. The van der Waals surface area contributed by atoms with Gasteiger partial charge in [0, 0.05) is 13.1 Å². The predicted molar refractivity (Wildman–Crippen MR) is 69.1 cm³/mol. The lowest BCUT2D eigenvalue weighted by atomic mass is 9.94. The van der Waals surface area contributed by atoms with Gasteiger partial charge in [0.05, 0.1) is 5.60 Å². The topological polar surface area (TPSA) is 108 Å². The first-order valence-corrected chi connectivity index (χ1v) is 7.62. The molecular weight excluding hydrogens is 286 g/mol. The van der Waals surface area contributed by atoms with Crippen molar-refractivity contribution < 1.29 is 27.8 Å². The molecule has 1 aromatic rings. The van der Waals surface area contributed by atoms with E-state index in [1.807, 2.05) is 0 Å². The van der Waals surface area contributed by atoms with E-state index in [9.17, 15) is 18.3 Å². The van der Waals surface area contributed by atoms with E-state index in [0.29, 0.717) is 6.42 Å². The normalized spacial score (nSPS) is 18.8. The SMILES string of the molecule is CCC1(O)CN(S(=O)(=O)c2c(C)oc(C)c2C(=O)O)C1. The van der Waals surface area contributed by atoms with Crippen LogP contribution in [0, 0.1) is 13.8 Å². The fourth-order valence-electron chi connectivity index (χ4n) is 2.35. The summed E-state index contributed by atoms with van der Waals surface area (Å²) in [6.07, 6.45) is 0.439. The Bertz CT molecular complexity index is 654. The average molecular weight is 303 g/mol. The van der Waals surface area contributed by atoms with E-state index in [4.69, 9.17) is 9.52 Å². The third kappa shape index (κ3) is 2.13. The third-order valence-electron chi connectivity index (χ3n) is 3.62. The van der Waals surface area contributed by atoms with Crippen LogP contribution in [0.1, 0.15) is 35.2 Å². The molecule has 1 aliphatic heterocycles. The first kappa shape index (κ1) is 15.0. The van der Waals surface area contributed by atoms with Crippen molar-refractivity contribution in [2.45, 2.75) is 37.7 Å². The van der Waals surface area contributed by atoms with Crippen LogP contribution >= 0.6 is 0 Å². The second-order valence-electron chi connectivity index (χ2n) is 5.07. The maximum Gasteiger partial charge on any atom is 0.340 e. The molecule has 0 amide bonds. The van der Waals surface area contributed by atoms with Crippen LogP contribution in [0.3, 0.4) is 0 Å². The molecule has 0 unspecified atom stereocenters. The highest BCUT2D eigenvalue weighted by atomic mass is 32.2. The summed E-state index contributed by atoms with van der Waals surface area (Å²) in [4.78, 5) is 10.9. The maximum atomic E-state index is 12.5. The minimum atomic E-state index is -3.97. The van der Waals surface area contributed by atoms with E-state index < -0.39 is 21.6 Å². The molecule has 0 saturated carbocycles. The van der Waals surface area contributed by atoms with Gasteiger partial charge in [-0.1, -0.05) is 6.92 Å². The molecule has 1 aliphatic rings. The number of β-amino-alcohol motifs (C(OH)–C–C–N with tert-alkyl or cyclic N) is 1. The summed E-state index contributed by atoms with van der Waals surface area (Å²) in [7, 11) is -3.97. The number of carbonyl (C=O) groups is 1. The molecule has 0 radical (unpaired) electrons. The Hall–Kier alpha value is -1.38. The van der Waals surface area contributed by atoms with Crippen molar-refractivity contribution in [3.8, 4) is 0 Å². The van der Waals surface area contributed by atoms with E-state index in [2.05, 4.69) is 0 Å². The van der Waals surface area contributed by atoms with Crippen molar-refractivity contribution in [2.75, 3.05) is 13.1 Å². The summed E-state index contributed by atoms with van der Waals surface area (Å²) in [5, 5.41) is 19.1. The number of hydrogen-bond acceptors (Lipinski definition) is 5. The van der Waals surface area contributed by atoms with Crippen LogP contribution in [0.5, 0.6) is 0 Å².